The molecule has 0 saturated carbocycles. The molecule has 1 N–H and O–H groups in total. The van der Waals surface area contributed by atoms with Crippen molar-refractivity contribution in [1.29, 1.82) is 0 Å². The maximum atomic E-state index is 12.2. The highest BCUT2D eigenvalue weighted by Crippen LogP contribution is 2.23. The van der Waals surface area contributed by atoms with E-state index in [1.807, 2.05) is 50.2 Å². The normalized spacial score (nSPS) is 12.2. The lowest BCUT2D eigenvalue weighted by atomic mass is 10.2. The highest BCUT2D eigenvalue weighted by Gasteiger charge is 2.13. The number of carbonyl (C=O) groups excluding carboxylic acids is 1. The molecule has 0 saturated heterocycles. The third-order valence-corrected chi connectivity index (χ3v) is 5.23. The molecule has 1 amide bonds. The molecular weight excluding hydrogens is 342 g/mol. The van der Waals surface area contributed by atoms with Crippen LogP contribution in [0, 0.1) is 6.92 Å². The van der Waals surface area contributed by atoms with E-state index in [1.165, 1.54) is 23.0 Å². The van der Waals surface area contributed by atoms with Crippen LogP contribution in [0.5, 0.6) is 0 Å². The quantitative estimate of drug-likeness (QED) is 0.424. The molecule has 5 heteroatoms. The summed E-state index contributed by atoms with van der Waals surface area (Å²) >= 11 is 1.53. The third kappa shape index (κ3) is 5.92. The second kappa shape index (κ2) is 10.0. The zero-order chi connectivity index (χ0) is 18.9. The highest BCUT2D eigenvalue weighted by atomic mass is 32.2. The fraction of sp³-hybridized carbons (Fsp3) is 0.333. The van der Waals surface area contributed by atoms with Gasteiger partial charge in [-0.25, -0.2) is 5.43 Å². The number of anilines is 1. The van der Waals surface area contributed by atoms with Gasteiger partial charge < -0.3 is 4.90 Å². The van der Waals surface area contributed by atoms with Crippen molar-refractivity contribution >= 4 is 29.6 Å². The monoisotopic (exact) mass is 369 g/mol. The number of hydrogen-bond acceptors (Lipinski definition) is 4. The van der Waals surface area contributed by atoms with E-state index < -0.39 is 0 Å². The molecule has 0 heterocycles. The standard InChI is InChI=1S/C21H27N3OS/c1-5-24(6-2)19-11-9-18(10-12-19)15-22-23-21(25)17(4)26-20-13-7-16(3)8-14-20/h7-15,17H,5-6H2,1-4H3,(H,23,25)/b22-15-/t17-/m0/s1. The summed E-state index contributed by atoms with van der Waals surface area (Å²) in [6.07, 6.45) is 1.67. The van der Waals surface area contributed by atoms with Crippen molar-refractivity contribution in [2.24, 2.45) is 5.10 Å². The first-order valence-electron chi connectivity index (χ1n) is 8.94. The first-order valence-corrected chi connectivity index (χ1v) is 9.82. The van der Waals surface area contributed by atoms with Gasteiger partial charge in [0.05, 0.1) is 11.5 Å². The van der Waals surface area contributed by atoms with Crippen LogP contribution in [0.25, 0.3) is 0 Å². The van der Waals surface area contributed by atoms with Crippen LogP contribution in [0.15, 0.2) is 58.5 Å². The minimum Gasteiger partial charge on any atom is -0.372 e. The van der Waals surface area contributed by atoms with Gasteiger partial charge in [0.15, 0.2) is 0 Å². The molecule has 0 bridgehead atoms. The van der Waals surface area contributed by atoms with Crippen molar-refractivity contribution in [3.05, 3.63) is 59.7 Å². The van der Waals surface area contributed by atoms with Crippen LogP contribution in [0.2, 0.25) is 0 Å². The van der Waals surface area contributed by atoms with Gasteiger partial charge >= 0.3 is 0 Å². The predicted molar refractivity (Wildman–Crippen MR) is 112 cm³/mol. The zero-order valence-corrected chi connectivity index (χ0v) is 16.7. The second-order valence-corrected chi connectivity index (χ2v) is 7.49. The first-order chi connectivity index (χ1) is 12.5. The average molecular weight is 370 g/mol. The number of rotatable bonds is 8. The Balaban J connectivity index is 1.86. The number of benzene rings is 2. The molecular formula is C21H27N3OS. The Hall–Kier alpha value is -2.27. The van der Waals surface area contributed by atoms with Crippen LogP contribution in [-0.2, 0) is 4.79 Å². The number of hydrogen-bond donors (Lipinski definition) is 1. The van der Waals surface area contributed by atoms with Crippen LogP contribution in [-0.4, -0.2) is 30.5 Å². The summed E-state index contributed by atoms with van der Waals surface area (Å²) in [5.41, 5.74) is 5.98. The smallest absolute Gasteiger partial charge is 0.253 e. The highest BCUT2D eigenvalue weighted by molar-refractivity contribution is 8.00. The molecule has 0 aliphatic carbocycles. The molecule has 2 aromatic carbocycles. The molecule has 4 nitrogen and oxygen atoms in total. The molecule has 0 radical (unpaired) electrons. The molecule has 0 aliphatic rings. The van der Waals surface area contributed by atoms with E-state index in [2.05, 4.69) is 41.4 Å². The largest absolute Gasteiger partial charge is 0.372 e. The molecule has 138 valence electrons. The van der Waals surface area contributed by atoms with Crippen LogP contribution in [0.1, 0.15) is 31.9 Å². The minimum absolute atomic E-state index is 0.105. The Labute approximate surface area is 160 Å². The van der Waals surface area contributed by atoms with Crippen molar-refractivity contribution in [2.45, 2.75) is 37.8 Å². The summed E-state index contributed by atoms with van der Waals surface area (Å²) in [5.74, 6) is -0.105. The average Bonchev–Trinajstić information content (AvgIpc) is 2.65. The van der Waals surface area contributed by atoms with Gasteiger partial charge in [0.2, 0.25) is 0 Å². The third-order valence-electron chi connectivity index (χ3n) is 4.11. The van der Waals surface area contributed by atoms with Crippen LogP contribution < -0.4 is 10.3 Å². The second-order valence-electron chi connectivity index (χ2n) is 6.07. The molecule has 0 fully saturated rings. The van der Waals surface area contributed by atoms with Crippen molar-refractivity contribution in [3.8, 4) is 0 Å². The van der Waals surface area contributed by atoms with Gasteiger partial charge in [-0.1, -0.05) is 29.8 Å². The van der Waals surface area contributed by atoms with E-state index in [9.17, 15) is 4.79 Å². The van der Waals surface area contributed by atoms with Gasteiger partial charge in [0.1, 0.15) is 0 Å². The van der Waals surface area contributed by atoms with Gasteiger partial charge in [-0.15, -0.1) is 11.8 Å². The number of amides is 1. The Morgan fingerprint density at radius 2 is 1.73 bits per heavy atom. The fourth-order valence-corrected chi connectivity index (χ4v) is 3.36. The SMILES string of the molecule is CCN(CC)c1ccc(/C=N\NC(=O)[C@H](C)Sc2ccc(C)cc2)cc1. The molecule has 0 unspecified atom stereocenters. The van der Waals surface area contributed by atoms with Crippen LogP contribution in [0.4, 0.5) is 5.69 Å². The molecule has 0 aliphatic heterocycles. The van der Waals surface area contributed by atoms with Crippen molar-refractivity contribution < 1.29 is 4.79 Å². The maximum Gasteiger partial charge on any atom is 0.253 e. The number of thioether (sulfide) groups is 1. The fourth-order valence-electron chi connectivity index (χ4n) is 2.50. The van der Waals surface area contributed by atoms with Gasteiger partial charge in [-0.3, -0.25) is 4.79 Å². The minimum atomic E-state index is -0.208. The molecule has 1 atom stereocenters. The lowest BCUT2D eigenvalue weighted by Gasteiger charge is -2.20. The van der Waals surface area contributed by atoms with E-state index in [0.717, 1.165) is 23.5 Å². The van der Waals surface area contributed by atoms with Gasteiger partial charge in [-0.05, 0) is 57.5 Å². The van der Waals surface area contributed by atoms with Gasteiger partial charge in [-0.2, -0.15) is 5.10 Å². The summed E-state index contributed by atoms with van der Waals surface area (Å²) in [4.78, 5) is 15.5. The van der Waals surface area contributed by atoms with E-state index >= 15 is 0 Å². The van der Waals surface area contributed by atoms with Crippen LogP contribution >= 0.6 is 11.8 Å². The summed E-state index contributed by atoms with van der Waals surface area (Å²) in [7, 11) is 0. The predicted octanol–water partition coefficient (Wildman–Crippen LogP) is 4.47. The van der Waals surface area contributed by atoms with E-state index in [0.29, 0.717) is 0 Å². The van der Waals surface area contributed by atoms with Crippen molar-refractivity contribution in [2.75, 3.05) is 18.0 Å². The van der Waals surface area contributed by atoms with Crippen molar-refractivity contribution in [3.63, 3.8) is 0 Å². The zero-order valence-electron chi connectivity index (χ0n) is 15.9. The van der Waals surface area contributed by atoms with E-state index in [4.69, 9.17) is 0 Å². The van der Waals surface area contributed by atoms with Crippen LogP contribution in [0.3, 0.4) is 0 Å². The first kappa shape index (κ1) is 20.0. The Bertz CT molecular complexity index is 722. The Kier molecular flexibility index (Phi) is 7.73. The number of nitrogens with one attached hydrogen (secondary N) is 1. The number of carbonyl (C=O) groups is 1. The summed E-state index contributed by atoms with van der Waals surface area (Å²) < 4.78 is 0. The lowest BCUT2D eigenvalue weighted by Crippen LogP contribution is -2.26. The maximum absolute atomic E-state index is 12.2. The van der Waals surface area contributed by atoms with Gasteiger partial charge in [0.25, 0.3) is 5.91 Å². The summed E-state index contributed by atoms with van der Waals surface area (Å²) in [5, 5.41) is 3.87. The van der Waals surface area contributed by atoms with E-state index in [-0.39, 0.29) is 11.2 Å². The Morgan fingerprint density at radius 1 is 1.12 bits per heavy atom. The molecule has 2 aromatic rings. The number of hydrazone groups is 1. The number of aryl methyl sites for hydroxylation is 1. The van der Waals surface area contributed by atoms with E-state index in [1.54, 1.807) is 6.21 Å². The molecule has 0 spiro atoms. The lowest BCUT2D eigenvalue weighted by molar-refractivity contribution is -0.120. The topological polar surface area (TPSA) is 44.7 Å². The molecule has 0 aromatic heterocycles. The molecule has 26 heavy (non-hydrogen) atoms. The number of nitrogens with zero attached hydrogens (tertiary/aromatic N) is 2. The summed E-state index contributed by atoms with van der Waals surface area (Å²) in [6, 6.07) is 16.3. The summed E-state index contributed by atoms with van der Waals surface area (Å²) in [6.45, 7) is 10.2. The molecule has 2 rings (SSSR count). The van der Waals surface area contributed by atoms with Gasteiger partial charge in [0, 0.05) is 23.7 Å². The van der Waals surface area contributed by atoms with Crippen molar-refractivity contribution in [1.82, 2.24) is 5.43 Å². The Morgan fingerprint density at radius 3 is 2.31 bits per heavy atom.